The third kappa shape index (κ3) is 3.50. The molecule has 7 heteroatoms. The highest BCUT2D eigenvalue weighted by Gasteiger charge is 2.24. The monoisotopic (exact) mass is 331 g/mol. The summed E-state index contributed by atoms with van der Waals surface area (Å²) in [6.45, 7) is 3.13. The standard InChI is InChI=1S/C17H21N3O4/c1-11-13-9-12(21)4-5-15(13)24-19-14(11)6-7-18-16(22)10-20-8-2-3-17(20)23/h5,9,19H,2-4,6-8,10H2,1H3,(H,18,22). The molecule has 2 aliphatic heterocycles. The first kappa shape index (κ1) is 16.3. The van der Waals surface area contributed by atoms with Gasteiger partial charge >= 0.3 is 0 Å². The van der Waals surface area contributed by atoms with E-state index in [0.717, 1.165) is 23.3 Å². The molecule has 1 aliphatic carbocycles. The van der Waals surface area contributed by atoms with Crippen molar-refractivity contribution in [2.45, 2.75) is 32.6 Å². The zero-order valence-electron chi connectivity index (χ0n) is 13.7. The van der Waals surface area contributed by atoms with E-state index in [1.54, 1.807) is 17.1 Å². The lowest BCUT2D eigenvalue weighted by atomic mass is 9.95. The molecule has 1 saturated heterocycles. The molecule has 2 heterocycles. The van der Waals surface area contributed by atoms with E-state index in [0.29, 0.717) is 38.1 Å². The highest BCUT2D eigenvalue weighted by atomic mass is 16.6. The maximum atomic E-state index is 11.9. The van der Waals surface area contributed by atoms with Crippen LogP contribution in [0.25, 0.3) is 0 Å². The van der Waals surface area contributed by atoms with Crippen molar-refractivity contribution in [1.29, 1.82) is 0 Å². The predicted molar refractivity (Wildman–Crippen MR) is 86.2 cm³/mol. The summed E-state index contributed by atoms with van der Waals surface area (Å²) in [5, 5.41) is 2.82. The zero-order chi connectivity index (χ0) is 17.1. The largest absolute Gasteiger partial charge is 0.382 e. The third-order valence-corrected chi connectivity index (χ3v) is 4.40. The zero-order valence-corrected chi connectivity index (χ0v) is 13.7. The molecule has 0 unspecified atom stereocenters. The van der Waals surface area contributed by atoms with Crippen LogP contribution < -0.4 is 10.8 Å². The van der Waals surface area contributed by atoms with Crippen molar-refractivity contribution in [3.8, 4) is 0 Å². The average molecular weight is 331 g/mol. The van der Waals surface area contributed by atoms with Crippen LogP contribution in [-0.4, -0.2) is 42.1 Å². The van der Waals surface area contributed by atoms with E-state index in [2.05, 4.69) is 10.8 Å². The number of amides is 2. The summed E-state index contributed by atoms with van der Waals surface area (Å²) in [5.74, 6) is 0.612. The maximum Gasteiger partial charge on any atom is 0.239 e. The number of hydrogen-bond donors (Lipinski definition) is 2. The Morgan fingerprint density at radius 2 is 2.25 bits per heavy atom. The van der Waals surface area contributed by atoms with Gasteiger partial charge in [-0.3, -0.25) is 14.4 Å². The van der Waals surface area contributed by atoms with Gasteiger partial charge in [-0.25, -0.2) is 5.48 Å². The molecule has 1 fully saturated rings. The van der Waals surface area contributed by atoms with Crippen molar-refractivity contribution < 1.29 is 19.2 Å². The normalized spacial score (nSPS) is 20.1. The van der Waals surface area contributed by atoms with Gasteiger partial charge in [-0.2, -0.15) is 0 Å². The summed E-state index contributed by atoms with van der Waals surface area (Å²) in [5.41, 5.74) is 5.47. The number of allylic oxidation sites excluding steroid dienone is 3. The first-order valence-electron chi connectivity index (χ1n) is 8.17. The Bertz CT molecular complexity index is 675. The van der Waals surface area contributed by atoms with Crippen molar-refractivity contribution in [1.82, 2.24) is 15.7 Å². The van der Waals surface area contributed by atoms with Crippen molar-refractivity contribution in [2.75, 3.05) is 19.6 Å². The molecular formula is C17H21N3O4. The highest BCUT2D eigenvalue weighted by molar-refractivity contribution is 5.94. The number of hydrogen-bond acceptors (Lipinski definition) is 5. The topological polar surface area (TPSA) is 87.7 Å². The van der Waals surface area contributed by atoms with Gasteiger partial charge in [-0.15, -0.1) is 0 Å². The van der Waals surface area contributed by atoms with Gasteiger partial charge in [-0.1, -0.05) is 0 Å². The predicted octanol–water partition coefficient (Wildman–Crippen LogP) is 0.707. The second-order valence-corrected chi connectivity index (χ2v) is 6.12. The Morgan fingerprint density at radius 1 is 1.42 bits per heavy atom. The molecule has 7 nitrogen and oxygen atoms in total. The lowest BCUT2D eigenvalue weighted by Gasteiger charge is -2.26. The number of nitrogens with one attached hydrogen (secondary N) is 2. The third-order valence-electron chi connectivity index (χ3n) is 4.40. The summed E-state index contributed by atoms with van der Waals surface area (Å²) >= 11 is 0. The second-order valence-electron chi connectivity index (χ2n) is 6.12. The molecule has 24 heavy (non-hydrogen) atoms. The molecule has 0 atom stereocenters. The van der Waals surface area contributed by atoms with Crippen LogP contribution in [0.1, 0.15) is 32.6 Å². The van der Waals surface area contributed by atoms with Crippen molar-refractivity contribution in [3.05, 3.63) is 34.8 Å². The summed E-state index contributed by atoms with van der Waals surface area (Å²) in [6.07, 6.45) is 5.63. The van der Waals surface area contributed by atoms with Gasteiger partial charge in [-0.05, 0) is 31.1 Å². The van der Waals surface area contributed by atoms with Crippen molar-refractivity contribution in [2.24, 2.45) is 0 Å². The molecular weight excluding hydrogens is 310 g/mol. The minimum absolute atomic E-state index is 0.0410. The van der Waals surface area contributed by atoms with E-state index in [1.807, 2.05) is 6.92 Å². The molecule has 128 valence electrons. The molecule has 3 rings (SSSR count). The van der Waals surface area contributed by atoms with E-state index >= 15 is 0 Å². The van der Waals surface area contributed by atoms with E-state index in [-0.39, 0.29) is 24.1 Å². The van der Waals surface area contributed by atoms with E-state index in [4.69, 9.17) is 4.84 Å². The van der Waals surface area contributed by atoms with Crippen molar-refractivity contribution >= 4 is 17.6 Å². The number of ketones is 1. The Balaban J connectivity index is 1.52. The number of nitrogens with zero attached hydrogens (tertiary/aromatic N) is 1. The van der Waals surface area contributed by atoms with Crippen LogP contribution in [-0.2, 0) is 19.2 Å². The number of hydroxylamine groups is 1. The smallest absolute Gasteiger partial charge is 0.239 e. The van der Waals surface area contributed by atoms with Gasteiger partial charge < -0.3 is 15.1 Å². The van der Waals surface area contributed by atoms with Crippen LogP contribution in [0.3, 0.4) is 0 Å². The Kier molecular flexibility index (Phi) is 4.69. The second kappa shape index (κ2) is 6.90. The molecule has 2 N–H and O–H groups in total. The summed E-state index contributed by atoms with van der Waals surface area (Å²) in [4.78, 5) is 42.0. The van der Waals surface area contributed by atoms with Gasteiger partial charge in [0.05, 0.1) is 12.2 Å². The fourth-order valence-corrected chi connectivity index (χ4v) is 3.01. The van der Waals surface area contributed by atoms with Gasteiger partial charge in [0.1, 0.15) is 0 Å². The Labute approximate surface area is 140 Å². The van der Waals surface area contributed by atoms with Crippen LogP contribution in [0.4, 0.5) is 0 Å². The molecule has 0 aromatic carbocycles. The molecule has 0 radical (unpaired) electrons. The SMILES string of the molecule is CC1=C(CCNC(=O)CN2CCCC2=O)NOC2=CCC(=O)C=C21. The van der Waals surface area contributed by atoms with Crippen LogP contribution in [0, 0.1) is 0 Å². The molecule has 0 bridgehead atoms. The molecule has 0 aromatic rings. The molecule has 0 aromatic heterocycles. The quantitative estimate of drug-likeness (QED) is 0.774. The number of carbonyl (C=O) groups excluding carboxylic acids is 3. The number of rotatable bonds is 5. The lowest BCUT2D eigenvalue weighted by molar-refractivity contribution is -0.133. The van der Waals surface area contributed by atoms with Crippen LogP contribution in [0.15, 0.2) is 34.8 Å². The molecule has 2 amide bonds. The summed E-state index contributed by atoms with van der Waals surface area (Å²) in [6, 6.07) is 0. The van der Waals surface area contributed by atoms with Gasteiger partial charge in [0.25, 0.3) is 0 Å². The number of carbonyl (C=O) groups is 3. The minimum Gasteiger partial charge on any atom is -0.382 e. The number of likely N-dealkylation sites (tertiary alicyclic amines) is 1. The molecule has 0 spiro atoms. The minimum atomic E-state index is -0.159. The first-order chi connectivity index (χ1) is 11.5. The van der Waals surface area contributed by atoms with E-state index < -0.39 is 0 Å². The molecule has 3 aliphatic rings. The lowest BCUT2D eigenvalue weighted by Crippen LogP contribution is -2.38. The van der Waals surface area contributed by atoms with Gasteiger partial charge in [0.15, 0.2) is 11.5 Å². The number of fused-ring (bicyclic) bond motifs is 1. The first-order valence-corrected chi connectivity index (χ1v) is 8.17. The fraction of sp³-hybridized carbons (Fsp3) is 0.471. The van der Waals surface area contributed by atoms with Crippen LogP contribution in [0.5, 0.6) is 0 Å². The van der Waals surface area contributed by atoms with E-state index in [9.17, 15) is 14.4 Å². The average Bonchev–Trinajstić information content (AvgIpc) is 2.95. The Morgan fingerprint density at radius 3 is 3.00 bits per heavy atom. The maximum absolute atomic E-state index is 11.9. The molecule has 0 saturated carbocycles. The van der Waals surface area contributed by atoms with E-state index in [1.165, 1.54) is 0 Å². The highest BCUT2D eigenvalue weighted by Crippen LogP contribution is 2.30. The Hall–Kier alpha value is -2.57. The summed E-state index contributed by atoms with van der Waals surface area (Å²) < 4.78 is 0. The summed E-state index contributed by atoms with van der Waals surface area (Å²) in [7, 11) is 0. The fourth-order valence-electron chi connectivity index (χ4n) is 3.01. The van der Waals surface area contributed by atoms with Crippen molar-refractivity contribution in [3.63, 3.8) is 0 Å². The van der Waals surface area contributed by atoms with Crippen LogP contribution >= 0.6 is 0 Å². The van der Waals surface area contributed by atoms with Gasteiger partial charge in [0.2, 0.25) is 11.8 Å². The van der Waals surface area contributed by atoms with Gasteiger partial charge in [0, 0.05) is 37.9 Å². The van der Waals surface area contributed by atoms with Crippen LogP contribution in [0.2, 0.25) is 0 Å².